The molecule has 0 spiro atoms. The molecule has 0 aliphatic heterocycles. The van der Waals surface area contributed by atoms with Gasteiger partial charge in [-0.2, -0.15) is 0 Å². The van der Waals surface area contributed by atoms with E-state index in [1.807, 2.05) is 59.7 Å². The van der Waals surface area contributed by atoms with E-state index in [-0.39, 0.29) is 37.4 Å². The number of esters is 1. The van der Waals surface area contributed by atoms with Crippen LogP contribution in [0.1, 0.15) is 60.8 Å². The minimum Gasteiger partial charge on any atom is -0.460 e. The van der Waals surface area contributed by atoms with Crippen molar-refractivity contribution in [3.8, 4) is 0 Å². The van der Waals surface area contributed by atoms with Gasteiger partial charge in [-0.15, -0.1) is 0 Å². The molecule has 194 valence electrons. The van der Waals surface area contributed by atoms with Crippen molar-refractivity contribution in [2.45, 2.75) is 83.8 Å². The van der Waals surface area contributed by atoms with Crippen molar-refractivity contribution in [2.24, 2.45) is 5.41 Å². The molecule has 0 bridgehead atoms. The van der Waals surface area contributed by atoms with Crippen molar-refractivity contribution in [3.63, 3.8) is 0 Å². The fourth-order valence-corrected chi connectivity index (χ4v) is 4.43. The van der Waals surface area contributed by atoms with E-state index in [1.54, 1.807) is 27.8 Å². The van der Waals surface area contributed by atoms with Crippen molar-refractivity contribution in [1.82, 2.24) is 10.3 Å². The largest absolute Gasteiger partial charge is 0.460 e. The van der Waals surface area contributed by atoms with Crippen molar-refractivity contribution < 1.29 is 28.9 Å². The highest BCUT2D eigenvalue weighted by Crippen LogP contribution is 2.28. The molecule has 0 saturated heterocycles. The lowest BCUT2D eigenvalue weighted by Gasteiger charge is -2.35. The van der Waals surface area contributed by atoms with E-state index in [2.05, 4.69) is 10.3 Å². The maximum Gasteiger partial charge on any atom is 0.305 e. The number of hydrogen-bond donors (Lipinski definition) is 2. The number of aromatic nitrogens is 1. The highest BCUT2D eigenvalue weighted by Gasteiger charge is 2.30. The molecular weight excluding hydrogens is 476 g/mol. The number of nitrogens with one attached hydrogen (secondary N) is 1. The zero-order chi connectivity index (χ0) is 25.6. The molecular formula is C24H40N2O6S2. The third-order valence-corrected chi connectivity index (χ3v) is 6.65. The van der Waals surface area contributed by atoms with E-state index in [9.17, 15) is 14.7 Å². The maximum absolute atomic E-state index is 12.2. The van der Waals surface area contributed by atoms with E-state index in [0.717, 1.165) is 10.8 Å². The summed E-state index contributed by atoms with van der Waals surface area (Å²) in [5.74, 6) is 0.245. The van der Waals surface area contributed by atoms with E-state index >= 15 is 0 Å². The van der Waals surface area contributed by atoms with E-state index < -0.39 is 24.0 Å². The van der Waals surface area contributed by atoms with Gasteiger partial charge in [0.05, 0.1) is 18.3 Å². The second-order valence-electron chi connectivity index (χ2n) is 9.79. The molecule has 1 amide bonds. The summed E-state index contributed by atoms with van der Waals surface area (Å²) in [6.07, 6.45) is 1.25. The summed E-state index contributed by atoms with van der Waals surface area (Å²) in [5.41, 5.74) is -0.817. The second-order valence-corrected chi connectivity index (χ2v) is 12.2. The molecule has 0 aliphatic carbocycles. The molecule has 2 N–H and O–H groups in total. The fraction of sp³-hybridized carbons (Fsp3) is 0.708. The van der Waals surface area contributed by atoms with Crippen LogP contribution in [0.4, 0.5) is 0 Å². The molecule has 10 heteroatoms. The Hall–Kier alpha value is -1.33. The molecule has 1 aromatic rings. The van der Waals surface area contributed by atoms with Crippen molar-refractivity contribution in [3.05, 3.63) is 24.4 Å². The maximum atomic E-state index is 12.2. The molecule has 34 heavy (non-hydrogen) atoms. The Morgan fingerprint density at radius 3 is 2.47 bits per heavy atom. The molecule has 1 rings (SSSR count). The average molecular weight is 517 g/mol. The Bertz CT molecular complexity index is 722. The monoisotopic (exact) mass is 516 g/mol. The molecule has 0 radical (unpaired) electrons. The number of pyridine rings is 1. The number of ether oxygens (including phenoxy) is 3. The Morgan fingerprint density at radius 2 is 1.88 bits per heavy atom. The topological polar surface area (TPSA) is 107 Å². The van der Waals surface area contributed by atoms with Crippen LogP contribution in [-0.4, -0.2) is 65.5 Å². The van der Waals surface area contributed by atoms with Crippen LogP contribution in [0.2, 0.25) is 0 Å². The van der Waals surface area contributed by atoms with Gasteiger partial charge < -0.3 is 24.6 Å². The van der Waals surface area contributed by atoms with Crippen LogP contribution < -0.4 is 5.32 Å². The summed E-state index contributed by atoms with van der Waals surface area (Å²) in [6.45, 7) is 11.8. The Kier molecular flexibility index (Phi) is 14.1. The summed E-state index contributed by atoms with van der Waals surface area (Å²) in [7, 11) is 3.19. The van der Waals surface area contributed by atoms with Gasteiger partial charge in [0.25, 0.3) is 0 Å². The summed E-state index contributed by atoms with van der Waals surface area (Å²) in [5, 5.41) is 13.5. The Labute approximate surface area is 211 Å². The average Bonchev–Trinajstić information content (AvgIpc) is 2.74. The first kappa shape index (κ1) is 30.7. The van der Waals surface area contributed by atoms with Crippen LogP contribution in [0.3, 0.4) is 0 Å². The molecule has 0 aromatic carbocycles. The molecule has 1 heterocycles. The number of hydrogen-bond acceptors (Lipinski definition) is 9. The van der Waals surface area contributed by atoms with Gasteiger partial charge in [0.1, 0.15) is 11.6 Å². The molecule has 0 fully saturated rings. The van der Waals surface area contributed by atoms with E-state index in [1.165, 1.54) is 0 Å². The quantitative estimate of drug-likeness (QED) is 0.153. The zero-order valence-corrected chi connectivity index (χ0v) is 22.8. The molecule has 0 saturated carbocycles. The molecule has 2 unspecified atom stereocenters. The minimum atomic E-state index is -0.801. The molecule has 1 aromatic heterocycles. The standard InChI is InChI=1S/C24H40N2O6S2/c1-23(2,3)18(16-27)31-22(32-24(4,5)6)17-30-21(29)12-9-10-19(28)25-14-15-33-34-20-11-7-8-13-26-20/h7-8,11,13,18,22,27H,9-10,12,14-17H2,1-6H3,(H,25,28). The number of aliphatic hydroxyl groups is 1. The van der Waals surface area contributed by atoms with Gasteiger partial charge in [-0.3, -0.25) is 9.59 Å². The van der Waals surface area contributed by atoms with E-state index in [0.29, 0.717) is 13.0 Å². The predicted molar refractivity (Wildman–Crippen MR) is 136 cm³/mol. The Balaban J connectivity index is 2.27. The van der Waals surface area contributed by atoms with Gasteiger partial charge in [0, 0.05) is 31.3 Å². The van der Waals surface area contributed by atoms with Crippen LogP contribution >= 0.6 is 21.6 Å². The highest BCUT2D eigenvalue weighted by atomic mass is 33.1. The fourth-order valence-electron chi connectivity index (χ4n) is 2.65. The third-order valence-electron chi connectivity index (χ3n) is 4.39. The van der Waals surface area contributed by atoms with E-state index in [4.69, 9.17) is 14.2 Å². The number of carbonyl (C=O) groups is 2. The minimum absolute atomic E-state index is 0.0833. The van der Waals surface area contributed by atoms with Gasteiger partial charge in [-0.1, -0.05) is 37.6 Å². The van der Waals surface area contributed by atoms with Gasteiger partial charge >= 0.3 is 5.97 Å². The molecule has 8 nitrogen and oxygen atoms in total. The number of rotatable bonds is 15. The summed E-state index contributed by atoms with van der Waals surface area (Å²) in [4.78, 5) is 28.4. The SMILES string of the molecule is CC(C)(C)OC(COC(=O)CCCC(=O)NCCSSc1ccccn1)OC(CO)C(C)(C)C. The summed E-state index contributed by atoms with van der Waals surface area (Å²) < 4.78 is 17.1. The lowest BCUT2D eigenvalue weighted by molar-refractivity contribution is -0.251. The smallest absolute Gasteiger partial charge is 0.305 e. The number of carbonyl (C=O) groups excluding carboxylic acids is 2. The summed E-state index contributed by atoms with van der Waals surface area (Å²) in [6, 6.07) is 5.75. The van der Waals surface area contributed by atoms with Crippen molar-refractivity contribution in [2.75, 3.05) is 25.5 Å². The number of aliphatic hydroxyl groups excluding tert-OH is 1. The van der Waals surface area contributed by atoms with Crippen LogP contribution in [0, 0.1) is 5.41 Å². The second kappa shape index (κ2) is 15.6. The summed E-state index contributed by atoms with van der Waals surface area (Å²) >= 11 is 0. The lowest BCUT2D eigenvalue weighted by Crippen LogP contribution is -2.42. The first-order valence-electron chi connectivity index (χ1n) is 11.5. The molecule has 0 aliphatic rings. The normalized spacial score (nSPS) is 13.9. The number of amides is 1. The number of nitrogens with zero attached hydrogens (tertiary/aromatic N) is 1. The van der Waals surface area contributed by atoms with Crippen LogP contribution in [-0.2, 0) is 23.8 Å². The third kappa shape index (κ3) is 14.8. The lowest BCUT2D eigenvalue weighted by atomic mass is 9.89. The van der Waals surface area contributed by atoms with Crippen LogP contribution in [0.15, 0.2) is 29.4 Å². The van der Waals surface area contributed by atoms with Crippen LogP contribution in [0.5, 0.6) is 0 Å². The van der Waals surface area contributed by atoms with Gasteiger partial charge in [0.2, 0.25) is 5.91 Å². The van der Waals surface area contributed by atoms with Crippen LogP contribution in [0.25, 0.3) is 0 Å². The van der Waals surface area contributed by atoms with Crippen molar-refractivity contribution >= 4 is 33.5 Å². The first-order valence-corrected chi connectivity index (χ1v) is 13.8. The van der Waals surface area contributed by atoms with Crippen molar-refractivity contribution in [1.29, 1.82) is 0 Å². The molecule has 2 atom stereocenters. The van der Waals surface area contributed by atoms with Gasteiger partial charge in [-0.25, -0.2) is 4.98 Å². The first-order chi connectivity index (χ1) is 15.9. The highest BCUT2D eigenvalue weighted by molar-refractivity contribution is 8.76. The Morgan fingerprint density at radius 1 is 1.15 bits per heavy atom. The van der Waals surface area contributed by atoms with Gasteiger partial charge in [-0.05, 0) is 55.5 Å². The predicted octanol–water partition coefficient (Wildman–Crippen LogP) is 4.22. The zero-order valence-electron chi connectivity index (χ0n) is 21.2. The van der Waals surface area contributed by atoms with Gasteiger partial charge in [0.15, 0.2) is 6.29 Å².